The predicted molar refractivity (Wildman–Crippen MR) is 102 cm³/mol. The Morgan fingerprint density at radius 2 is 1.88 bits per heavy atom. The molecule has 0 amide bonds. The highest BCUT2D eigenvalue weighted by molar-refractivity contribution is 5.06. The summed E-state index contributed by atoms with van der Waals surface area (Å²) in [7, 11) is 1.72. The standard InChI is InChI=1S/C21H38O4/c1-3-4-8-11-17(22)13-14-19-18(20(23)16-21(19)24)12-9-6-5-7-10-15-25-2/h6,9,13-14,17-24H,3-5,7-8,10-12,15-16H2,1-2H3/b9-6?,14-13+/t17-,18?,19+,20-,21+/m0/s1. The van der Waals surface area contributed by atoms with Crippen LogP contribution in [0, 0.1) is 11.8 Å². The van der Waals surface area contributed by atoms with Gasteiger partial charge in [0.15, 0.2) is 0 Å². The van der Waals surface area contributed by atoms with Crippen molar-refractivity contribution in [3.8, 4) is 0 Å². The van der Waals surface area contributed by atoms with Crippen molar-refractivity contribution in [1.29, 1.82) is 0 Å². The molecule has 25 heavy (non-hydrogen) atoms. The predicted octanol–water partition coefficient (Wildman–Crippen LogP) is 3.60. The molecule has 0 aromatic heterocycles. The molecule has 3 N–H and O–H groups in total. The summed E-state index contributed by atoms with van der Waals surface area (Å²) >= 11 is 0. The number of hydrogen-bond acceptors (Lipinski definition) is 4. The lowest BCUT2D eigenvalue weighted by Gasteiger charge is -2.19. The Balaban J connectivity index is 2.42. The van der Waals surface area contributed by atoms with E-state index in [2.05, 4.69) is 19.1 Å². The first-order valence-corrected chi connectivity index (χ1v) is 9.96. The lowest BCUT2D eigenvalue weighted by Crippen LogP contribution is -2.20. The second-order valence-corrected chi connectivity index (χ2v) is 7.26. The zero-order valence-corrected chi connectivity index (χ0v) is 16.0. The molecule has 0 spiro atoms. The Bertz CT molecular complexity index is 380. The van der Waals surface area contributed by atoms with Crippen LogP contribution < -0.4 is 0 Å². The molecule has 0 radical (unpaired) electrons. The highest BCUT2D eigenvalue weighted by Crippen LogP contribution is 2.36. The molecule has 1 saturated carbocycles. The van der Waals surface area contributed by atoms with Gasteiger partial charge in [-0.3, -0.25) is 0 Å². The highest BCUT2D eigenvalue weighted by Gasteiger charge is 2.39. The first-order chi connectivity index (χ1) is 12.1. The molecular weight excluding hydrogens is 316 g/mol. The van der Waals surface area contributed by atoms with Gasteiger partial charge in [-0.15, -0.1) is 0 Å². The number of allylic oxidation sites excluding steroid dienone is 2. The molecule has 0 heterocycles. The molecule has 1 fully saturated rings. The van der Waals surface area contributed by atoms with Gasteiger partial charge in [0, 0.05) is 26.1 Å². The van der Waals surface area contributed by atoms with Crippen LogP contribution in [-0.2, 0) is 4.74 Å². The maximum atomic E-state index is 10.2. The van der Waals surface area contributed by atoms with Crippen molar-refractivity contribution in [3.05, 3.63) is 24.3 Å². The Morgan fingerprint density at radius 1 is 1.08 bits per heavy atom. The van der Waals surface area contributed by atoms with E-state index in [1.807, 2.05) is 12.2 Å². The Morgan fingerprint density at radius 3 is 2.60 bits per heavy atom. The Labute approximate surface area is 153 Å². The molecule has 4 nitrogen and oxygen atoms in total. The molecule has 0 aromatic rings. The minimum absolute atomic E-state index is 0.0318. The van der Waals surface area contributed by atoms with E-state index in [-0.39, 0.29) is 11.8 Å². The van der Waals surface area contributed by atoms with Crippen LogP contribution in [0.1, 0.15) is 64.7 Å². The fourth-order valence-electron chi connectivity index (χ4n) is 3.54. The van der Waals surface area contributed by atoms with Crippen molar-refractivity contribution in [2.75, 3.05) is 13.7 Å². The van der Waals surface area contributed by atoms with Gasteiger partial charge < -0.3 is 20.1 Å². The van der Waals surface area contributed by atoms with Crippen molar-refractivity contribution in [3.63, 3.8) is 0 Å². The summed E-state index contributed by atoms with van der Waals surface area (Å²) in [6.45, 7) is 2.95. The molecule has 0 bridgehead atoms. The third kappa shape index (κ3) is 9.00. The lowest BCUT2D eigenvalue weighted by molar-refractivity contribution is 0.120. The summed E-state index contributed by atoms with van der Waals surface area (Å²) in [6, 6.07) is 0. The van der Waals surface area contributed by atoms with Crippen LogP contribution in [0.2, 0.25) is 0 Å². The Kier molecular flexibility index (Phi) is 12.1. The van der Waals surface area contributed by atoms with E-state index in [1.54, 1.807) is 7.11 Å². The van der Waals surface area contributed by atoms with Crippen molar-refractivity contribution in [2.45, 2.75) is 83.0 Å². The maximum Gasteiger partial charge on any atom is 0.0721 e. The highest BCUT2D eigenvalue weighted by atomic mass is 16.5. The van der Waals surface area contributed by atoms with Crippen molar-refractivity contribution in [2.24, 2.45) is 11.8 Å². The van der Waals surface area contributed by atoms with E-state index in [0.717, 1.165) is 58.0 Å². The number of aliphatic hydroxyl groups is 3. The fourth-order valence-corrected chi connectivity index (χ4v) is 3.54. The van der Waals surface area contributed by atoms with E-state index >= 15 is 0 Å². The number of hydrogen-bond donors (Lipinski definition) is 3. The second kappa shape index (κ2) is 13.5. The van der Waals surface area contributed by atoms with Gasteiger partial charge in [-0.05, 0) is 38.0 Å². The zero-order valence-electron chi connectivity index (χ0n) is 16.0. The summed E-state index contributed by atoms with van der Waals surface area (Å²) in [6.07, 6.45) is 15.0. The third-order valence-corrected chi connectivity index (χ3v) is 5.12. The number of rotatable bonds is 13. The topological polar surface area (TPSA) is 69.9 Å². The van der Waals surface area contributed by atoms with Crippen LogP contribution in [0.3, 0.4) is 0 Å². The molecule has 1 aliphatic carbocycles. The molecule has 4 heteroatoms. The lowest BCUT2D eigenvalue weighted by atomic mass is 9.89. The van der Waals surface area contributed by atoms with E-state index in [9.17, 15) is 15.3 Å². The smallest absolute Gasteiger partial charge is 0.0721 e. The van der Waals surface area contributed by atoms with Crippen molar-refractivity contribution >= 4 is 0 Å². The Hall–Kier alpha value is -0.680. The summed E-state index contributed by atoms with van der Waals surface area (Å²) in [5.74, 6) is -0.0433. The van der Waals surface area contributed by atoms with Gasteiger partial charge in [-0.1, -0.05) is 50.5 Å². The molecule has 1 unspecified atom stereocenters. The normalized spacial score (nSPS) is 28.4. The molecule has 5 atom stereocenters. The third-order valence-electron chi connectivity index (χ3n) is 5.12. The molecule has 0 aromatic carbocycles. The number of unbranched alkanes of at least 4 members (excludes halogenated alkanes) is 4. The molecule has 0 saturated heterocycles. The van der Waals surface area contributed by atoms with Crippen LogP contribution in [0.15, 0.2) is 24.3 Å². The van der Waals surface area contributed by atoms with Crippen LogP contribution >= 0.6 is 0 Å². The van der Waals surface area contributed by atoms with E-state index in [4.69, 9.17) is 4.74 Å². The minimum atomic E-state index is -0.519. The maximum absolute atomic E-state index is 10.2. The van der Waals surface area contributed by atoms with Gasteiger partial charge in [0.2, 0.25) is 0 Å². The number of methoxy groups -OCH3 is 1. The minimum Gasteiger partial charge on any atom is -0.393 e. The van der Waals surface area contributed by atoms with Gasteiger partial charge in [0.25, 0.3) is 0 Å². The van der Waals surface area contributed by atoms with Gasteiger partial charge >= 0.3 is 0 Å². The van der Waals surface area contributed by atoms with Crippen LogP contribution in [0.25, 0.3) is 0 Å². The van der Waals surface area contributed by atoms with Gasteiger partial charge in [-0.2, -0.15) is 0 Å². The van der Waals surface area contributed by atoms with Gasteiger partial charge in [0.1, 0.15) is 0 Å². The first kappa shape index (κ1) is 22.4. The summed E-state index contributed by atoms with van der Waals surface area (Å²) in [4.78, 5) is 0. The van der Waals surface area contributed by atoms with Gasteiger partial charge in [-0.25, -0.2) is 0 Å². The van der Waals surface area contributed by atoms with Crippen LogP contribution in [0.4, 0.5) is 0 Å². The number of ether oxygens (including phenoxy) is 1. The van der Waals surface area contributed by atoms with E-state index < -0.39 is 18.3 Å². The monoisotopic (exact) mass is 354 g/mol. The molecular formula is C21H38O4. The van der Waals surface area contributed by atoms with Gasteiger partial charge in [0.05, 0.1) is 18.3 Å². The second-order valence-electron chi connectivity index (χ2n) is 7.26. The molecule has 0 aliphatic heterocycles. The van der Waals surface area contributed by atoms with Crippen LogP contribution in [-0.4, -0.2) is 47.3 Å². The summed E-state index contributed by atoms with van der Waals surface area (Å²) in [5.41, 5.74) is 0. The van der Waals surface area contributed by atoms with E-state index in [1.165, 1.54) is 0 Å². The molecule has 1 rings (SSSR count). The summed E-state index contributed by atoms with van der Waals surface area (Å²) < 4.78 is 5.03. The van der Waals surface area contributed by atoms with Crippen LogP contribution in [0.5, 0.6) is 0 Å². The first-order valence-electron chi connectivity index (χ1n) is 9.96. The SMILES string of the molecule is CCCCC[C@H](O)/C=C/[C@@H]1C(CC=CCCCCOC)[C@@H](O)C[C@H]1O. The summed E-state index contributed by atoms with van der Waals surface area (Å²) in [5, 5.41) is 30.5. The van der Waals surface area contributed by atoms with E-state index in [0.29, 0.717) is 6.42 Å². The average Bonchev–Trinajstić information content (AvgIpc) is 2.85. The average molecular weight is 355 g/mol. The zero-order chi connectivity index (χ0) is 18.5. The van der Waals surface area contributed by atoms with Crippen molar-refractivity contribution in [1.82, 2.24) is 0 Å². The largest absolute Gasteiger partial charge is 0.393 e. The fraction of sp³-hybridized carbons (Fsp3) is 0.810. The molecule has 1 aliphatic rings. The number of aliphatic hydroxyl groups excluding tert-OH is 3. The van der Waals surface area contributed by atoms with Crippen molar-refractivity contribution < 1.29 is 20.1 Å². The quantitative estimate of drug-likeness (QED) is 0.349. The molecule has 146 valence electrons.